The van der Waals surface area contributed by atoms with E-state index < -0.39 is 12.0 Å². The maximum atomic E-state index is 13.4. The van der Waals surface area contributed by atoms with Crippen molar-refractivity contribution < 1.29 is 9.90 Å². The van der Waals surface area contributed by atoms with Crippen molar-refractivity contribution in [3.8, 4) is 11.1 Å². The summed E-state index contributed by atoms with van der Waals surface area (Å²) in [5.74, 6) is -0.443. The van der Waals surface area contributed by atoms with Crippen molar-refractivity contribution in [1.82, 2.24) is 9.55 Å². The summed E-state index contributed by atoms with van der Waals surface area (Å²) in [7, 11) is 0. The fourth-order valence-electron chi connectivity index (χ4n) is 3.36. The second-order valence-electron chi connectivity index (χ2n) is 6.29. The van der Waals surface area contributed by atoms with Crippen LogP contribution in [0.25, 0.3) is 21.3 Å². The van der Waals surface area contributed by atoms with Crippen molar-refractivity contribution in [2.75, 3.05) is 0 Å². The van der Waals surface area contributed by atoms with Crippen molar-refractivity contribution in [1.29, 1.82) is 0 Å². The Hall–Kier alpha value is -2.47. The Balaban J connectivity index is 2.40. The van der Waals surface area contributed by atoms with Crippen molar-refractivity contribution in [3.05, 3.63) is 51.4 Å². The van der Waals surface area contributed by atoms with Crippen LogP contribution in [0, 0.1) is 6.92 Å². The zero-order valence-electron chi connectivity index (χ0n) is 15.2. The molecule has 0 aliphatic rings. The molecule has 0 fully saturated rings. The smallest absolute Gasteiger partial charge is 0.326 e. The number of hydrogen-bond acceptors (Lipinski definition) is 4. The van der Waals surface area contributed by atoms with E-state index in [-0.39, 0.29) is 5.56 Å². The van der Waals surface area contributed by atoms with E-state index in [2.05, 4.69) is 0 Å². The quantitative estimate of drug-likeness (QED) is 0.697. The zero-order chi connectivity index (χ0) is 18.8. The summed E-state index contributed by atoms with van der Waals surface area (Å²) in [6, 6.07) is 8.83. The number of rotatable bonds is 6. The summed E-state index contributed by atoms with van der Waals surface area (Å²) in [6.45, 7) is 5.76. The van der Waals surface area contributed by atoms with Gasteiger partial charge < -0.3 is 5.11 Å². The van der Waals surface area contributed by atoms with Crippen LogP contribution in [0.2, 0.25) is 0 Å². The zero-order valence-corrected chi connectivity index (χ0v) is 16.0. The molecular formula is C20H22N2O3S. The summed E-state index contributed by atoms with van der Waals surface area (Å²) in [6.07, 6.45) is 1.71. The Morgan fingerprint density at radius 1 is 1.27 bits per heavy atom. The highest BCUT2D eigenvalue weighted by Crippen LogP contribution is 2.36. The molecule has 1 unspecified atom stereocenters. The van der Waals surface area contributed by atoms with Crippen LogP contribution in [-0.2, 0) is 11.2 Å². The van der Waals surface area contributed by atoms with Gasteiger partial charge in [-0.15, -0.1) is 11.3 Å². The lowest BCUT2D eigenvalue weighted by molar-refractivity contribution is -0.141. The van der Waals surface area contributed by atoms with Gasteiger partial charge in [0, 0.05) is 16.9 Å². The number of aliphatic carboxylic acids is 1. The van der Waals surface area contributed by atoms with Crippen LogP contribution in [0.15, 0.2) is 35.1 Å². The third-order valence-electron chi connectivity index (χ3n) is 4.53. The van der Waals surface area contributed by atoms with Gasteiger partial charge in [-0.2, -0.15) is 0 Å². The number of aryl methyl sites for hydroxylation is 2. The van der Waals surface area contributed by atoms with Gasteiger partial charge in [0.2, 0.25) is 0 Å². The summed E-state index contributed by atoms with van der Waals surface area (Å²) < 4.78 is 1.40. The van der Waals surface area contributed by atoms with Gasteiger partial charge in [-0.05, 0) is 25.3 Å². The van der Waals surface area contributed by atoms with Crippen LogP contribution in [0.5, 0.6) is 0 Å². The molecule has 2 heterocycles. The molecular weight excluding hydrogens is 348 g/mol. The number of carboxylic acids is 1. The Kier molecular flexibility index (Phi) is 5.23. The first-order valence-corrected chi connectivity index (χ1v) is 9.63. The number of hydrogen-bond donors (Lipinski definition) is 1. The molecule has 136 valence electrons. The molecule has 0 radical (unpaired) electrons. The van der Waals surface area contributed by atoms with Gasteiger partial charge in [0.05, 0.1) is 5.39 Å². The topological polar surface area (TPSA) is 72.2 Å². The number of aromatic nitrogens is 2. The van der Waals surface area contributed by atoms with Crippen LogP contribution in [0.4, 0.5) is 0 Å². The second kappa shape index (κ2) is 7.41. The number of fused-ring (bicyclic) bond motifs is 1. The van der Waals surface area contributed by atoms with Crippen molar-refractivity contribution in [2.24, 2.45) is 0 Å². The van der Waals surface area contributed by atoms with E-state index in [1.807, 2.05) is 44.2 Å². The highest BCUT2D eigenvalue weighted by Gasteiger charge is 2.26. The van der Waals surface area contributed by atoms with Gasteiger partial charge in [-0.1, -0.05) is 44.2 Å². The van der Waals surface area contributed by atoms with E-state index in [4.69, 9.17) is 4.98 Å². The molecule has 1 aromatic carbocycles. The molecule has 0 spiro atoms. The van der Waals surface area contributed by atoms with Gasteiger partial charge in [0.15, 0.2) is 0 Å². The van der Waals surface area contributed by atoms with Crippen LogP contribution < -0.4 is 5.56 Å². The van der Waals surface area contributed by atoms with Gasteiger partial charge in [0.25, 0.3) is 5.56 Å². The molecule has 2 aromatic heterocycles. The fourth-order valence-corrected chi connectivity index (χ4v) is 4.41. The molecule has 1 N–H and O–H groups in total. The van der Waals surface area contributed by atoms with Crippen molar-refractivity contribution in [2.45, 2.75) is 46.1 Å². The van der Waals surface area contributed by atoms with Gasteiger partial charge >= 0.3 is 5.97 Å². The molecule has 0 aliphatic heterocycles. The van der Waals surface area contributed by atoms with E-state index in [1.54, 1.807) is 6.92 Å². The summed E-state index contributed by atoms with van der Waals surface area (Å²) in [4.78, 5) is 31.6. The molecule has 3 rings (SSSR count). The minimum absolute atomic E-state index is 0.254. The van der Waals surface area contributed by atoms with Crippen LogP contribution in [0.3, 0.4) is 0 Å². The van der Waals surface area contributed by atoms with Crippen molar-refractivity contribution in [3.63, 3.8) is 0 Å². The predicted octanol–water partition coefficient (Wildman–Crippen LogP) is 4.42. The molecule has 0 saturated carbocycles. The molecule has 0 saturated heterocycles. The monoisotopic (exact) mass is 370 g/mol. The Morgan fingerprint density at radius 3 is 2.54 bits per heavy atom. The highest BCUT2D eigenvalue weighted by molar-refractivity contribution is 7.19. The highest BCUT2D eigenvalue weighted by atomic mass is 32.1. The average molecular weight is 370 g/mol. The number of carboxylic acid groups (broad SMARTS) is 1. The summed E-state index contributed by atoms with van der Waals surface area (Å²) in [5, 5.41) is 10.1. The molecule has 0 bridgehead atoms. The van der Waals surface area contributed by atoms with E-state index in [0.717, 1.165) is 22.4 Å². The first-order chi connectivity index (χ1) is 12.5. The SMILES string of the molecule is CCCc1nc2sc(C)c(-c3ccccc3)c2c(=O)n1C(CC)C(=O)O. The third kappa shape index (κ3) is 3.05. The fraction of sp³-hybridized carbons (Fsp3) is 0.350. The number of carbonyl (C=O) groups is 1. The normalized spacial score (nSPS) is 12.4. The van der Waals surface area contributed by atoms with E-state index in [9.17, 15) is 14.7 Å². The standard InChI is InChI=1S/C20H22N2O3S/c1-4-9-15-21-18-17(19(23)22(15)14(5-2)20(24)25)16(12(3)26-18)13-10-7-6-8-11-13/h6-8,10-11,14H,4-5,9H2,1-3H3,(H,24,25). The van der Waals surface area contributed by atoms with Gasteiger partial charge in [-0.3, -0.25) is 9.36 Å². The molecule has 6 heteroatoms. The maximum Gasteiger partial charge on any atom is 0.326 e. The molecule has 3 aromatic rings. The van der Waals surface area contributed by atoms with Gasteiger partial charge in [0.1, 0.15) is 16.7 Å². The minimum Gasteiger partial charge on any atom is -0.480 e. The summed E-state index contributed by atoms with van der Waals surface area (Å²) >= 11 is 1.49. The Bertz CT molecular complexity index is 1010. The van der Waals surface area contributed by atoms with E-state index in [0.29, 0.717) is 28.9 Å². The first kappa shape index (κ1) is 18.3. The lowest BCUT2D eigenvalue weighted by Gasteiger charge is -2.18. The average Bonchev–Trinajstić information content (AvgIpc) is 2.95. The number of thiophene rings is 1. The third-order valence-corrected chi connectivity index (χ3v) is 5.53. The number of nitrogens with zero attached hydrogens (tertiary/aromatic N) is 2. The minimum atomic E-state index is -0.999. The second-order valence-corrected chi connectivity index (χ2v) is 7.50. The summed E-state index contributed by atoms with van der Waals surface area (Å²) in [5.41, 5.74) is 1.56. The maximum absolute atomic E-state index is 13.4. The van der Waals surface area contributed by atoms with E-state index >= 15 is 0 Å². The van der Waals surface area contributed by atoms with Crippen molar-refractivity contribution >= 4 is 27.5 Å². The van der Waals surface area contributed by atoms with E-state index in [1.165, 1.54) is 15.9 Å². The first-order valence-electron chi connectivity index (χ1n) is 8.82. The predicted molar refractivity (Wildman–Crippen MR) is 105 cm³/mol. The molecule has 0 aliphatic carbocycles. The molecule has 1 atom stereocenters. The Labute approximate surface area is 155 Å². The van der Waals surface area contributed by atoms with Crippen LogP contribution >= 0.6 is 11.3 Å². The molecule has 5 nitrogen and oxygen atoms in total. The van der Waals surface area contributed by atoms with Crippen LogP contribution in [-0.4, -0.2) is 20.6 Å². The lowest BCUT2D eigenvalue weighted by Crippen LogP contribution is -2.33. The lowest BCUT2D eigenvalue weighted by atomic mass is 10.0. The van der Waals surface area contributed by atoms with Crippen LogP contribution in [0.1, 0.15) is 43.4 Å². The number of benzene rings is 1. The molecule has 26 heavy (non-hydrogen) atoms. The largest absolute Gasteiger partial charge is 0.480 e. The molecule has 0 amide bonds. The van der Waals surface area contributed by atoms with Gasteiger partial charge in [-0.25, -0.2) is 9.78 Å². The Morgan fingerprint density at radius 2 is 1.96 bits per heavy atom.